The van der Waals surface area contributed by atoms with Gasteiger partial charge in [-0.05, 0) is 17.7 Å². The van der Waals surface area contributed by atoms with E-state index < -0.39 is 17.2 Å². The number of ether oxygens (including phenoxy) is 1. The van der Waals surface area contributed by atoms with Crippen molar-refractivity contribution in [3.05, 3.63) is 86.6 Å². The molecule has 0 aliphatic carbocycles. The highest BCUT2D eigenvalue weighted by Gasteiger charge is 2.05. The lowest BCUT2D eigenvalue weighted by molar-refractivity contribution is -0.119. The van der Waals surface area contributed by atoms with Crippen LogP contribution in [0.15, 0.2) is 69.3 Å². The first-order valence-electron chi connectivity index (χ1n) is 8.62. The van der Waals surface area contributed by atoms with Crippen LogP contribution in [-0.4, -0.2) is 33.8 Å². The van der Waals surface area contributed by atoms with Gasteiger partial charge in [0.15, 0.2) is 0 Å². The minimum atomic E-state index is -0.734. The zero-order valence-electron chi connectivity index (χ0n) is 15.2. The van der Waals surface area contributed by atoms with E-state index in [1.807, 2.05) is 53.5 Å². The first kappa shape index (κ1) is 19.5. The Hall–Kier alpha value is -4.21. The molecule has 10 nitrogen and oxygen atoms in total. The van der Waals surface area contributed by atoms with Gasteiger partial charge in [-0.25, -0.2) is 15.3 Å². The molecule has 0 spiro atoms. The summed E-state index contributed by atoms with van der Waals surface area (Å²) < 4.78 is 5.82. The summed E-state index contributed by atoms with van der Waals surface area (Å²) in [6.45, 7) is 0.147. The zero-order valence-corrected chi connectivity index (χ0v) is 15.2. The second-order valence-electron chi connectivity index (χ2n) is 5.81. The average Bonchev–Trinajstić information content (AvgIpc) is 2.73. The Labute approximate surface area is 164 Å². The maximum atomic E-state index is 11.8. The molecule has 0 fully saturated rings. The third-order valence-corrected chi connectivity index (χ3v) is 3.68. The average molecular weight is 394 g/mol. The van der Waals surface area contributed by atoms with Crippen molar-refractivity contribution in [3.8, 4) is 5.75 Å². The van der Waals surface area contributed by atoms with Crippen molar-refractivity contribution in [1.82, 2.24) is 20.6 Å². The molecule has 10 heteroatoms. The molecule has 0 unspecified atom stereocenters. The minimum absolute atomic E-state index is 0.177. The molecule has 1 amide bonds. The van der Waals surface area contributed by atoms with Gasteiger partial charge in [-0.1, -0.05) is 42.5 Å². The number of aromatic amines is 2. The van der Waals surface area contributed by atoms with Crippen LogP contribution >= 0.6 is 0 Å². The van der Waals surface area contributed by atoms with Gasteiger partial charge < -0.3 is 10.1 Å². The summed E-state index contributed by atoms with van der Waals surface area (Å²) in [5, 5.41) is 12.0. The third-order valence-electron chi connectivity index (χ3n) is 3.68. The van der Waals surface area contributed by atoms with Crippen LogP contribution in [0.3, 0.4) is 0 Å². The number of nitrogens with zero attached hydrogens (tertiary/aromatic N) is 2. The molecule has 148 valence electrons. The third kappa shape index (κ3) is 5.89. The van der Waals surface area contributed by atoms with Crippen LogP contribution in [0.5, 0.6) is 5.75 Å². The summed E-state index contributed by atoms with van der Waals surface area (Å²) >= 11 is 0. The van der Waals surface area contributed by atoms with Gasteiger partial charge in [-0.3, -0.25) is 14.6 Å². The Morgan fingerprint density at radius 2 is 1.86 bits per heavy atom. The largest absolute Gasteiger partial charge is 0.488 e. The second-order valence-corrected chi connectivity index (χ2v) is 5.81. The van der Waals surface area contributed by atoms with Crippen LogP contribution in [0.25, 0.3) is 0 Å². The predicted octanol–water partition coefficient (Wildman–Crippen LogP) is 0.599. The molecule has 2 aromatic carbocycles. The quantitative estimate of drug-likeness (QED) is 0.326. The number of carbonyl (C=O) groups excluding carboxylic acids is 1. The number of anilines is 1. The molecule has 4 N–H and O–H groups in total. The molecule has 1 aromatic heterocycles. The SMILES string of the molecule is O=C(CNc1n[nH]c(=O)[nH]c1=O)NN=Cc1ccccc1OCc1ccccc1. The van der Waals surface area contributed by atoms with Gasteiger partial charge >= 0.3 is 5.69 Å². The Balaban J connectivity index is 1.53. The highest BCUT2D eigenvalue weighted by Crippen LogP contribution is 2.17. The molecule has 29 heavy (non-hydrogen) atoms. The number of nitrogens with one attached hydrogen (secondary N) is 4. The van der Waals surface area contributed by atoms with Crippen molar-refractivity contribution >= 4 is 17.9 Å². The van der Waals surface area contributed by atoms with Gasteiger partial charge in [0.2, 0.25) is 5.82 Å². The Morgan fingerprint density at radius 3 is 2.66 bits per heavy atom. The van der Waals surface area contributed by atoms with E-state index >= 15 is 0 Å². The summed E-state index contributed by atoms with van der Waals surface area (Å²) in [4.78, 5) is 36.2. The van der Waals surface area contributed by atoms with E-state index in [4.69, 9.17) is 4.74 Å². The maximum Gasteiger partial charge on any atom is 0.342 e. The molecular formula is C19H18N6O4. The molecule has 3 rings (SSSR count). The number of aromatic nitrogens is 3. The van der Waals surface area contributed by atoms with Crippen LogP contribution in [-0.2, 0) is 11.4 Å². The fourth-order valence-corrected chi connectivity index (χ4v) is 2.30. The molecular weight excluding hydrogens is 376 g/mol. The van der Waals surface area contributed by atoms with Crippen LogP contribution in [0.2, 0.25) is 0 Å². The normalized spacial score (nSPS) is 10.6. The van der Waals surface area contributed by atoms with Crippen LogP contribution in [0.1, 0.15) is 11.1 Å². The topological polar surface area (TPSA) is 141 Å². The highest BCUT2D eigenvalue weighted by atomic mass is 16.5. The van der Waals surface area contributed by atoms with Gasteiger partial charge in [-0.2, -0.15) is 5.10 Å². The summed E-state index contributed by atoms with van der Waals surface area (Å²) in [7, 11) is 0. The van der Waals surface area contributed by atoms with E-state index in [9.17, 15) is 14.4 Å². The summed E-state index contributed by atoms with van der Waals surface area (Å²) in [5.74, 6) is -0.0591. The van der Waals surface area contributed by atoms with Gasteiger partial charge in [0.25, 0.3) is 11.5 Å². The molecule has 0 saturated heterocycles. The zero-order chi connectivity index (χ0) is 20.5. The minimum Gasteiger partial charge on any atom is -0.488 e. The molecule has 0 aliphatic rings. The number of carbonyl (C=O) groups is 1. The fourth-order valence-electron chi connectivity index (χ4n) is 2.30. The Kier molecular flexibility index (Phi) is 6.50. The molecule has 0 aliphatic heterocycles. The smallest absolute Gasteiger partial charge is 0.342 e. The number of benzene rings is 2. The van der Waals surface area contributed by atoms with E-state index in [1.165, 1.54) is 6.21 Å². The van der Waals surface area contributed by atoms with Gasteiger partial charge in [-0.15, -0.1) is 5.10 Å². The van der Waals surface area contributed by atoms with Crippen molar-refractivity contribution in [2.75, 3.05) is 11.9 Å². The number of hydrogen-bond donors (Lipinski definition) is 4. The van der Waals surface area contributed by atoms with Crippen molar-refractivity contribution in [2.24, 2.45) is 5.10 Å². The van der Waals surface area contributed by atoms with Crippen LogP contribution in [0, 0.1) is 0 Å². The number of rotatable bonds is 8. The van der Waals surface area contributed by atoms with E-state index in [2.05, 4.69) is 26.0 Å². The highest BCUT2D eigenvalue weighted by molar-refractivity contribution is 5.86. The predicted molar refractivity (Wildman–Crippen MR) is 107 cm³/mol. The first-order valence-corrected chi connectivity index (χ1v) is 8.62. The maximum absolute atomic E-state index is 11.8. The van der Waals surface area contributed by atoms with Crippen LogP contribution in [0.4, 0.5) is 5.82 Å². The number of hydrazone groups is 1. The van der Waals surface area contributed by atoms with Crippen molar-refractivity contribution < 1.29 is 9.53 Å². The van der Waals surface area contributed by atoms with E-state index in [1.54, 1.807) is 6.07 Å². The molecule has 0 bridgehead atoms. The van der Waals surface area contributed by atoms with E-state index in [-0.39, 0.29) is 12.4 Å². The monoisotopic (exact) mass is 394 g/mol. The van der Waals surface area contributed by atoms with Crippen molar-refractivity contribution in [3.63, 3.8) is 0 Å². The number of hydrogen-bond acceptors (Lipinski definition) is 7. The first-order chi connectivity index (χ1) is 14.1. The van der Waals surface area contributed by atoms with Crippen LogP contribution < -0.4 is 26.7 Å². The van der Waals surface area contributed by atoms with Gasteiger partial charge in [0.05, 0.1) is 12.8 Å². The van der Waals surface area contributed by atoms with E-state index in [0.717, 1.165) is 5.56 Å². The van der Waals surface area contributed by atoms with Crippen molar-refractivity contribution in [1.29, 1.82) is 0 Å². The molecule has 1 heterocycles. The lowest BCUT2D eigenvalue weighted by atomic mass is 10.2. The fraction of sp³-hybridized carbons (Fsp3) is 0.105. The molecule has 0 radical (unpaired) electrons. The standard InChI is InChI=1S/C19H18N6O4/c26-16(11-20-17-18(27)22-19(28)25-24-17)23-21-10-14-8-4-5-9-15(14)29-12-13-6-2-1-3-7-13/h1-10H,11-12H2,(H,20,24)(H,23,26)(H2,22,25,27,28). The van der Waals surface area contributed by atoms with Crippen molar-refractivity contribution in [2.45, 2.75) is 6.61 Å². The lowest BCUT2D eigenvalue weighted by Gasteiger charge is -2.09. The number of H-pyrrole nitrogens is 2. The summed E-state index contributed by atoms with van der Waals surface area (Å²) in [6, 6.07) is 17.0. The molecule has 0 atom stereocenters. The summed E-state index contributed by atoms with van der Waals surface area (Å²) in [5.41, 5.74) is 2.60. The number of para-hydroxylation sites is 1. The second kappa shape index (κ2) is 9.65. The van der Waals surface area contributed by atoms with Gasteiger partial charge in [0, 0.05) is 5.56 Å². The van der Waals surface area contributed by atoms with Gasteiger partial charge in [0.1, 0.15) is 12.4 Å². The van der Waals surface area contributed by atoms with E-state index in [0.29, 0.717) is 17.9 Å². The molecule has 0 saturated carbocycles. The lowest BCUT2D eigenvalue weighted by Crippen LogP contribution is -2.31. The Morgan fingerprint density at radius 1 is 1.10 bits per heavy atom. The number of amides is 1. The summed E-state index contributed by atoms with van der Waals surface area (Å²) in [6.07, 6.45) is 1.46. The molecule has 3 aromatic rings. The Bertz CT molecular complexity index is 1110.